The van der Waals surface area contributed by atoms with E-state index in [2.05, 4.69) is 24.9 Å². The molecule has 0 saturated carbocycles. The van der Waals surface area contributed by atoms with E-state index in [0.29, 0.717) is 61.0 Å². The number of aromatic nitrogens is 4. The van der Waals surface area contributed by atoms with Gasteiger partial charge < -0.3 is 14.3 Å². The van der Waals surface area contributed by atoms with E-state index in [1.54, 1.807) is 6.20 Å². The zero-order valence-electron chi connectivity index (χ0n) is 18.6. The van der Waals surface area contributed by atoms with Crippen molar-refractivity contribution in [1.29, 1.82) is 0 Å². The molecule has 0 aliphatic carbocycles. The van der Waals surface area contributed by atoms with Crippen LogP contribution in [0.5, 0.6) is 0 Å². The molecule has 1 aliphatic rings. The summed E-state index contributed by atoms with van der Waals surface area (Å²) in [6.07, 6.45) is 1.64. The molecule has 0 unspecified atom stereocenters. The lowest BCUT2D eigenvalue weighted by Crippen LogP contribution is -2.46. The normalized spacial score (nSPS) is 14.7. The highest BCUT2D eigenvalue weighted by atomic mass is 35.5. The summed E-state index contributed by atoms with van der Waals surface area (Å²) in [6, 6.07) is 16.7. The fourth-order valence-electron chi connectivity index (χ4n) is 4.48. The van der Waals surface area contributed by atoms with Gasteiger partial charge in [0.1, 0.15) is 21.9 Å². The molecule has 5 aromatic rings. The second kappa shape index (κ2) is 8.68. The van der Waals surface area contributed by atoms with E-state index in [9.17, 15) is 9.59 Å². The molecule has 0 bridgehead atoms. The van der Waals surface area contributed by atoms with E-state index in [-0.39, 0.29) is 21.7 Å². The Labute approximate surface area is 204 Å². The van der Waals surface area contributed by atoms with Crippen molar-refractivity contribution in [2.45, 2.75) is 6.54 Å². The topological polar surface area (TPSA) is 100 Å². The molecule has 0 spiro atoms. The highest BCUT2D eigenvalue weighted by Gasteiger charge is 2.23. The minimum Gasteiger partial charge on any atom is -0.449 e. The van der Waals surface area contributed by atoms with Crippen molar-refractivity contribution in [2.75, 3.05) is 31.1 Å². The maximum atomic E-state index is 12.8. The molecule has 35 heavy (non-hydrogen) atoms. The molecule has 10 heteroatoms. The van der Waals surface area contributed by atoms with Gasteiger partial charge in [-0.15, -0.1) is 0 Å². The first kappa shape index (κ1) is 21.6. The van der Waals surface area contributed by atoms with E-state index in [1.807, 2.05) is 54.6 Å². The molecule has 1 aliphatic heterocycles. The average Bonchev–Trinajstić information content (AvgIpc) is 3.26. The van der Waals surface area contributed by atoms with Gasteiger partial charge in [0, 0.05) is 31.6 Å². The molecule has 1 fully saturated rings. The number of hydrogen-bond acceptors (Lipinski definition) is 7. The first-order valence-corrected chi connectivity index (χ1v) is 11.7. The van der Waals surface area contributed by atoms with Gasteiger partial charge in [-0.05, 0) is 24.3 Å². The number of benzene rings is 2. The van der Waals surface area contributed by atoms with Crippen LogP contribution in [0, 0.1) is 0 Å². The molecule has 0 radical (unpaired) electrons. The summed E-state index contributed by atoms with van der Waals surface area (Å²) in [5.74, 6) is 0.590. The van der Waals surface area contributed by atoms with Gasteiger partial charge in [-0.2, -0.15) is 9.78 Å². The number of H-pyrrole nitrogens is 1. The van der Waals surface area contributed by atoms with Gasteiger partial charge in [0.25, 0.3) is 11.1 Å². The highest BCUT2D eigenvalue weighted by Crippen LogP contribution is 2.25. The molecule has 0 atom stereocenters. The zero-order chi connectivity index (χ0) is 23.9. The SMILES string of the molecule is O=c1[nH]c(CN2CCN(c3cnn(-c4ccccc4)c(=O)c3Cl)CC2)nc2c1oc1ccccc12. The van der Waals surface area contributed by atoms with Gasteiger partial charge in [0.2, 0.25) is 5.58 Å². The van der Waals surface area contributed by atoms with Crippen molar-refractivity contribution >= 4 is 39.4 Å². The average molecular weight is 489 g/mol. The third-order valence-corrected chi connectivity index (χ3v) is 6.62. The molecule has 9 nitrogen and oxygen atoms in total. The first-order valence-electron chi connectivity index (χ1n) is 11.3. The van der Waals surface area contributed by atoms with Gasteiger partial charge in [0.05, 0.1) is 24.1 Å². The molecular weight excluding hydrogens is 468 g/mol. The minimum atomic E-state index is -0.347. The van der Waals surface area contributed by atoms with Crippen molar-refractivity contribution < 1.29 is 4.42 Å². The predicted octanol–water partition coefficient (Wildman–Crippen LogP) is 3.19. The highest BCUT2D eigenvalue weighted by molar-refractivity contribution is 6.33. The number of nitrogens with zero attached hydrogens (tertiary/aromatic N) is 5. The second-order valence-corrected chi connectivity index (χ2v) is 8.83. The van der Waals surface area contributed by atoms with E-state index in [0.717, 1.165) is 5.39 Å². The zero-order valence-corrected chi connectivity index (χ0v) is 19.4. The van der Waals surface area contributed by atoms with Crippen LogP contribution in [-0.2, 0) is 6.54 Å². The predicted molar refractivity (Wildman–Crippen MR) is 134 cm³/mol. The number of fused-ring (bicyclic) bond motifs is 3. The summed E-state index contributed by atoms with van der Waals surface area (Å²) in [5.41, 5.74) is 2.13. The maximum Gasteiger partial charge on any atom is 0.294 e. The van der Waals surface area contributed by atoms with E-state index < -0.39 is 0 Å². The summed E-state index contributed by atoms with van der Waals surface area (Å²) in [5, 5.41) is 5.31. The number of furan rings is 1. The van der Waals surface area contributed by atoms with Crippen LogP contribution in [0.25, 0.3) is 27.8 Å². The maximum absolute atomic E-state index is 12.8. The summed E-state index contributed by atoms with van der Waals surface area (Å²) in [6.45, 7) is 3.26. The molecule has 176 valence electrons. The van der Waals surface area contributed by atoms with Crippen LogP contribution >= 0.6 is 11.6 Å². The van der Waals surface area contributed by atoms with E-state index in [4.69, 9.17) is 16.0 Å². The van der Waals surface area contributed by atoms with Gasteiger partial charge >= 0.3 is 0 Å². The van der Waals surface area contributed by atoms with Crippen molar-refractivity contribution in [1.82, 2.24) is 24.6 Å². The van der Waals surface area contributed by atoms with Crippen LogP contribution in [0.4, 0.5) is 5.69 Å². The lowest BCUT2D eigenvalue weighted by Gasteiger charge is -2.35. The van der Waals surface area contributed by atoms with Gasteiger partial charge in [0.15, 0.2) is 0 Å². The van der Waals surface area contributed by atoms with Crippen LogP contribution in [-0.4, -0.2) is 50.8 Å². The standard InChI is InChI=1S/C25H21ClN6O3/c26-21-18(14-27-32(25(21)34)16-6-2-1-3-7-16)31-12-10-30(11-13-31)15-20-28-22-17-8-4-5-9-19(17)35-23(22)24(33)29-20/h1-9,14H,10-13,15H2,(H,28,29,33). The van der Waals surface area contributed by atoms with E-state index in [1.165, 1.54) is 4.68 Å². The Bertz CT molecular complexity index is 1650. The summed E-state index contributed by atoms with van der Waals surface area (Å²) >= 11 is 6.47. The Hall–Kier alpha value is -3.95. The molecule has 6 rings (SSSR count). The first-order chi connectivity index (χ1) is 17.1. The molecule has 4 heterocycles. The number of nitrogens with one attached hydrogen (secondary N) is 1. The largest absolute Gasteiger partial charge is 0.449 e. The van der Waals surface area contributed by atoms with Gasteiger partial charge in [-0.3, -0.25) is 14.5 Å². The molecular formula is C25H21ClN6O3. The molecule has 2 aromatic carbocycles. The van der Waals surface area contributed by atoms with Crippen molar-refractivity contribution in [3.8, 4) is 5.69 Å². The molecule has 1 N–H and O–H groups in total. The van der Waals surface area contributed by atoms with Crippen molar-refractivity contribution in [2.24, 2.45) is 0 Å². The second-order valence-electron chi connectivity index (χ2n) is 8.45. The number of aromatic amines is 1. The van der Waals surface area contributed by atoms with Gasteiger partial charge in [-0.25, -0.2) is 4.98 Å². The lowest BCUT2D eigenvalue weighted by molar-refractivity contribution is 0.244. The number of para-hydroxylation sites is 2. The monoisotopic (exact) mass is 488 g/mol. The number of anilines is 1. The Kier molecular flexibility index (Phi) is 5.35. The van der Waals surface area contributed by atoms with Crippen LogP contribution in [0.2, 0.25) is 5.02 Å². The number of halogens is 1. The van der Waals surface area contributed by atoms with Crippen molar-refractivity contribution in [3.63, 3.8) is 0 Å². The van der Waals surface area contributed by atoms with Gasteiger partial charge in [-0.1, -0.05) is 41.9 Å². The Morgan fingerprint density at radius 2 is 1.71 bits per heavy atom. The Balaban J connectivity index is 1.19. The minimum absolute atomic E-state index is 0.153. The van der Waals surface area contributed by atoms with Crippen LogP contribution in [0.1, 0.15) is 5.82 Å². The van der Waals surface area contributed by atoms with Crippen LogP contribution in [0.15, 0.2) is 74.8 Å². The number of rotatable bonds is 4. The number of hydrogen-bond donors (Lipinski definition) is 1. The van der Waals surface area contributed by atoms with Crippen LogP contribution < -0.4 is 16.0 Å². The molecule has 3 aromatic heterocycles. The molecule has 1 saturated heterocycles. The van der Waals surface area contributed by atoms with E-state index >= 15 is 0 Å². The third-order valence-electron chi connectivity index (χ3n) is 6.27. The smallest absolute Gasteiger partial charge is 0.294 e. The fourth-order valence-corrected chi connectivity index (χ4v) is 4.73. The summed E-state index contributed by atoms with van der Waals surface area (Å²) in [4.78, 5) is 37.2. The van der Waals surface area contributed by atoms with Crippen molar-refractivity contribution in [3.05, 3.63) is 92.3 Å². The quantitative estimate of drug-likeness (QED) is 0.414. The third kappa shape index (κ3) is 3.88. The summed E-state index contributed by atoms with van der Waals surface area (Å²) in [7, 11) is 0. The number of piperazine rings is 1. The van der Waals surface area contributed by atoms with Crippen LogP contribution in [0.3, 0.4) is 0 Å². The lowest BCUT2D eigenvalue weighted by atomic mass is 10.2. The summed E-state index contributed by atoms with van der Waals surface area (Å²) < 4.78 is 6.98. The molecule has 0 amide bonds. The Morgan fingerprint density at radius 1 is 0.971 bits per heavy atom. The Morgan fingerprint density at radius 3 is 2.51 bits per heavy atom. The fraction of sp³-hybridized carbons (Fsp3) is 0.200.